The molecule has 4 aromatic rings. The number of pyridine rings is 1. The Labute approximate surface area is 176 Å². The summed E-state index contributed by atoms with van der Waals surface area (Å²) in [6, 6.07) is 35.9. The van der Waals surface area contributed by atoms with Gasteiger partial charge < -0.3 is 0 Å². The lowest BCUT2D eigenvalue weighted by molar-refractivity contribution is -0.113. The fourth-order valence-corrected chi connectivity index (χ4v) is 6.78. The molecule has 0 radical (unpaired) electrons. The topological polar surface area (TPSA) is 42.3 Å². The van der Waals surface area contributed by atoms with Crippen LogP contribution in [0, 0.1) is 0 Å². The molecule has 1 aromatic heterocycles. The Morgan fingerprint density at radius 3 is 1.57 bits per heavy atom. The Hall–Kier alpha value is -3.55. The van der Waals surface area contributed by atoms with Gasteiger partial charge in [-0.25, -0.2) is 4.74 Å². The highest BCUT2D eigenvalue weighted by Gasteiger charge is 2.28. The van der Waals surface area contributed by atoms with Gasteiger partial charge in [0.25, 0.3) is 5.91 Å². The molecule has 3 aromatic carbocycles. The highest BCUT2D eigenvalue weighted by atomic mass is 31.2. The maximum atomic E-state index is 13.1. The predicted molar refractivity (Wildman–Crippen MR) is 126 cm³/mol. The molecular formula is C26H21N2OP. The monoisotopic (exact) mass is 408 g/mol. The molecule has 0 aliphatic heterocycles. The zero-order chi connectivity index (χ0) is 20.7. The molecule has 30 heavy (non-hydrogen) atoms. The third-order valence-electron chi connectivity index (χ3n) is 4.72. The molecule has 0 unspecified atom stereocenters. The van der Waals surface area contributed by atoms with Crippen LogP contribution >= 0.6 is 7.05 Å². The van der Waals surface area contributed by atoms with Crippen LogP contribution in [0.25, 0.3) is 6.08 Å². The number of carbonyl (C=O) groups is 1. The van der Waals surface area contributed by atoms with Gasteiger partial charge in [-0.1, -0.05) is 97.1 Å². The number of amides is 1. The molecule has 4 rings (SSSR count). The number of benzene rings is 3. The second kappa shape index (κ2) is 9.30. The van der Waals surface area contributed by atoms with E-state index in [9.17, 15) is 4.79 Å². The number of carbonyl (C=O) groups excluding carboxylic acids is 1. The van der Waals surface area contributed by atoms with Crippen LogP contribution in [0.3, 0.4) is 0 Å². The first-order valence-corrected chi connectivity index (χ1v) is 11.5. The van der Waals surface area contributed by atoms with Gasteiger partial charge in [0.15, 0.2) is 0 Å². The molecule has 3 nitrogen and oxygen atoms in total. The van der Waals surface area contributed by atoms with Gasteiger partial charge in [0.1, 0.15) is 0 Å². The minimum absolute atomic E-state index is 0.273. The molecule has 0 spiro atoms. The zero-order valence-electron chi connectivity index (χ0n) is 16.4. The number of rotatable bonds is 5. The van der Waals surface area contributed by atoms with Crippen molar-refractivity contribution in [1.82, 2.24) is 4.98 Å². The van der Waals surface area contributed by atoms with Gasteiger partial charge in [-0.15, -0.1) is 0 Å². The van der Waals surface area contributed by atoms with Crippen molar-refractivity contribution in [2.75, 3.05) is 0 Å². The molecule has 0 fully saturated rings. The molecule has 0 saturated heterocycles. The third-order valence-corrected chi connectivity index (χ3v) is 8.36. The van der Waals surface area contributed by atoms with Crippen molar-refractivity contribution in [2.24, 2.45) is 4.74 Å². The Balaban J connectivity index is 1.94. The average molecular weight is 408 g/mol. The molecule has 146 valence electrons. The zero-order valence-corrected chi connectivity index (χ0v) is 17.3. The molecule has 0 atom stereocenters. The molecule has 0 N–H and O–H groups in total. The number of hydrogen-bond acceptors (Lipinski definition) is 2. The van der Waals surface area contributed by atoms with E-state index in [1.54, 1.807) is 12.3 Å². The predicted octanol–water partition coefficient (Wildman–Crippen LogP) is 4.80. The first-order chi connectivity index (χ1) is 14.8. The maximum absolute atomic E-state index is 13.1. The van der Waals surface area contributed by atoms with E-state index in [-0.39, 0.29) is 5.91 Å². The first kappa shape index (κ1) is 19.8. The van der Waals surface area contributed by atoms with Crippen LogP contribution in [0.4, 0.5) is 0 Å². The largest absolute Gasteiger partial charge is 0.269 e. The summed E-state index contributed by atoms with van der Waals surface area (Å²) in [5, 5.41) is 3.13. The maximum Gasteiger partial charge on any atom is 0.269 e. The second-order valence-electron chi connectivity index (χ2n) is 6.67. The summed E-state index contributed by atoms with van der Waals surface area (Å²) < 4.78 is 4.89. The molecule has 1 amide bonds. The Kier molecular flexibility index (Phi) is 6.12. The summed E-state index contributed by atoms with van der Waals surface area (Å²) >= 11 is 0. The summed E-state index contributed by atoms with van der Waals surface area (Å²) in [4.78, 5) is 17.3. The SMILES string of the molecule is O=C(/C=C/c1ccccn1)N=P(c1ccccc1)(c1ccccc1)c1ccccc1. The highest BCUT2D eigenvalue weighted by Crippen LogP contribution is 2.46. The van der Waals surface area contributed by atoms with Crippen molar-refractivity contribution in [1.29, 1.82) is 0 Å². The van der Waals surface area contributed by atoms with Gasteiger partial charge in [0.05, 0.1) is 12.7 Å². The lowest BCUT2D eigenvalue weighted by atomic mass is 10.3. The van der Waals surface area contributed by atoms with Crippen LogP contribution < -0.4 is 15.9 Å². The summed E-state index contributed by atoms with van der Waals surface area (Å²) in [6.07, 6.45) is 4.92. The third kappa shape index (κ3) is 4.22. The minimum atomic E-state index is -2.53. The van der Waals surface area contributed by atoms with Crippen LogP contribution in [0.5, 0.6) is 0 Å². The lowest BCUT2D eigenvalue weighted by Gasteiger charge is -2.26. The normalized spacial score (nSPS) is 11.3. The molecule has 0 bridgehead atoms. The Bertz CT molecular complexity index is 1090. The average Bonchev–Trinajstić information content (AvgIpc) is 2.83. The minimum Gasteiger partial charge on any atom is -0.268 e. The molecule has 1 heterocycles. The smallest absolute Gasteiger partial charge is 0.268 e. The fourth-order valence-electron chi connectivity index (χ4n) is 3.36. The van der Waals surface area contributed by atoms with Gasteiger partial charge in [0, 0.05) is 28.2 Å². The summed E-state index contributed by atoms with van der Waals surface area (Å²) in [5.74, 6) is -0.273. The molecule has 4 heteroatoms. The van der Waals surface area contributed by atoms with Crippen molar-refractivity contribution in [3.05, 3.63) is 127 Å². The standard InChI is InChI=1S/C26H21N2OP/c29-26(20-19-22-12-10-11-21-27-22)28-30(23-13-4-1-5-14-23,24-15-6-2-7-16-24)25-17-8-3-9-18-25/h1-21H/b20-19+. The van der Waals surface area contributed by atoms with Crippen molar-refractivity contribution in [3.8, 4) is 0 Å². The highest BCUT2D eigenvalue weighted by molar-refractivity contribution is 7.87. The van der Waals surface area contributed by atoms with E-state index in [1.807, 2.05) is 72.8 Å². The molecule has 0 saturated carbocycles. The first-order valence-electron chi connectivity index (χ1n) is 9.71. The van der Waals surface area contributed by atoms with E-state index in [0.717, 1.165) is 21.6 Å². The molecule has 0 aliphatic rings. The summed E-state index contributed by atoms with van der Waals surface area (Å²) in [6.45, 7) is 0. The van der Waals surface area contributed by atoms with Gasteiger partial charge >= 0.3 is 0 Å². The van der Waals surface area contributed by atoms with Crippen molar-refractivity contribution >= 4 is 35.0 Å². The Morgan fingerprint density at radius 2 is 1.13 bits per heavy atom. The summed E-state index contributed by atoms with van der Waals surface area (Å²) in [7, 11) is -2.53. The Morgan fingerprint density at radius 1 is 0.667 bits per heavy atom. The molecular weight excluding hydrogens is 387 g/mol. The number of aromatic nitrogens is 1. The van der Waals surface area contributed by atoms with Gasteiger partial charge in [-0.3, -0.25) is 9.78 Å². The van der Waals surface area contributed by atoms with Crippen molar-refractivity contribution in [2.45, 2.75) is 0 Å². The van der Waals surface area contributed by atoms with E-state index in [4.69, 9.17) is 4.74 Å². The second-order valence-corrected chi connectivity index (χ2v) is 9.69. The van der Waals surface area contributed by atoms with Crippen molar-refractivity contribution in [3.63, 3.8) is 0 Å². The van der Waals surface area contributed by atoms with E-state index in [0.29, 0.717) is 0 Å². The van der Waals surface area contributed by atoms with Crippen LogP contribution in [-0.4, -0.2) is 10.9 Å². The number of nitrogens with zero attached hydrogens (tertiary/aromatic N) is 2. The fraction of sp³-hybridized carbons (Fsp3) is 0. The quantitative estimate of drug-likeness (QED) is 0.352. The van der Waals surface area contributed by atoms with E-state index in [2.05, 4.69) is 41.4 Å². The van der Waals surface area contributed by atoms with Crippen LogP contribution in [0.1, 0.15) is 5.69 Å². The van der Waals surface area contributed by atoms with Crippen LogP contribution in [0.2, 0.25) is 0 Å². The van der Waals surface area contributed by atoms with E-state index < -0.39 is 7.05 Å². The lowest BCUT2D eigenvalue weighted by Crippen LogP contribution is -2.26. The van der Waals surface area contributed by atoms with E-state index >= 15 is 0 Å². The van der Waals surface area contributed by atoms with Gasteiger partial charge in [-0.2, -0.15) is 0 Å². The number of hydrogen-bond donors (Lipinski definition) is 0. The van der Waals surface area contributed by atoms with Gasteiger partial charge in [-0.05, 0) is 18.2 Å². The van der Waals surface area contributed by atoms with Crippen molar-refractivity contribution < 1.29 is 4.79 Å². The van der Waals surface area contributed by atoms with Crippen LogP contribution in [0.15, 0.2) is 126 Å². The summed E-state index contributed by atoms with van der Waals surface area (Å²) in [5.41, 5.74) is 0.726. The van der Waals surface area contributed by atoms with E-state index in [1.165, 1.54) is 6.08 Å². The molecule has 0 aliphatic carbocycles. The van der Waals surface area contributed by atoms with Crippen LogP contribution in [-0.2, 0) is 4.79 Å². The van der Waals surface area contributed by atoms with Gasteiger partial charge in [0.2, 0.25) is 0 Å².